The molecule has 0 aliphatic carbocycles. The summed E-state index contributed by atoms with van der Waals surface area (Å²) < 4.78 is 3.50. The Bertz CT molecular complexity index is 1410. The molecule has 1 N–H and O–H groups in total. The number of pyridine rings is 1. The lowest BCUT2D eigenvalue weighted by Crippen LogP contribution is -2.48. The molecule has 0 aromatic carbocycles. The molecule has 0 atom stereocenters. The number of hydrogen-bond acceptors (Lipinski definition) is 8. The Labute approximate surface area is 237 Å². The highest BCUT2D eigenvalue weighted by molar-refractivity contribution is 7.16. The summed E-state index contributed by atoms with van der Waals surface area (Å²) in [5, 5.41) is 7.95. The third kappa shape index (κ3) is 6.54. The van der Waals surface area contributed by atoms with Crippen LogP contribution < -0.4 is 15.8 Å². The molecule has 3 aromatic heterocycles. The number of halogens is 1. The van der Waals surface area contributed by atoms with E-state index in [4.69, 9.17) is 11.6 Å². The molecule has 210 valence electrons. The topological polar surface area (TPSA) is 95.7 Å². The molecular weight excluding hydrogens is 538 g/mol. The fraction of sp³-hybridized carbons (Fsp3) is 0.481. The molecule has 0 spiro atoms. The molecule has 1 amide bonds. The van der Waals surface area contributed by atoms with Crippen LogP contribution in [0.2, 0.25) is 4.34 Å². The van der Waals surface area contributed by atoms with E-state index >= 15 is 0 Å². The van der Waals surface area contributed by atoms with Gasteiger partial charge in [0.05, 0.1) is 16.6 Å². The summed E-state index contributed by atoms with van der Waals surface area (Å²) in [5.74, 6) is 0.259. The van der Waals surface area contributed by atoms with Gasteiger partial charge in [0.1, 0.15) is 18.1 Å². The molecule has 10 nitrogen and oxygen atoms in total. The van der Waals surface area contributed by atoms with Crippen LogP contribution in [0.5, 0.6) is 0 Å². The van der Waals surface area contributed by atoms with Gasteiger partial charge >= 0.3 is 0 Å². The first-order chi connectivity index (χ1) is 18.3. The van der Waals surface area contributed by atoms with Crippen LogP contribution in [0.4, 0.5) is 11.5 Å². The molecule has 1 fully saturated rings. The fourth-order valence-corrected chi connectivity index (χ4v) is 5.39. The number of likely N-dealkylation sites (N-methyl/N-ethyl adjacent to an activating group) is 1. The lowest BCUT2D eigenvalue weighted by atomic mass is 9.96. The standard InChI is InChI=1S/C27H36ClN7O3S/c1-27(2,3)26(38)35-22(29-16-18-7-8-21(28)39-18)15-20(30-35)19-9-10-34(25(37)24(19)31(4)5)17-23(36)33-13-11-32(6)12-14-33/h7-10,15,29H,11-14,16-17H2,1-6H3. The molecule has 0 bridgehead atoms. The van der Waals surface area contributed by atoms with Crippen molar-refractivity contribution < 1.29 is 9.59 Å². The van der Waals surface area contributed by atoms with Crippen LogP contribution in [0.15, 0.2) is 35.3 Å². The minimum Gasteiger partial charge on any atom is -0.373 e. The van der Waals surface area contributed by atoms with Crippen molar-refractivity contribution in [1.29, 1.82) is 0 Å². The molecule has 4 rings (SSSR count). The Morgan fingerprint density at radius 1 is 1.13 bits per heavy atom. The minimum atomic E-state index is -0.677. The summed E-state index contributed by atoms with van der Waals surface area (Å²) in [6.07, 6.45) is 1.63. The zero-order valence-corrected chi connectivity index (χ0v) is 24.9. The first-order valence-corrected chi connectivity index (χ1v) is 14.0. The normalized spacial score (nSPS) is 14.5. The highest BCUT2D eigenvalue weighted by atomic mass is 35.5. The summed E-state index contributed by atoms with van der Waals surface area (Å²) in [4.78, 5) is 46.5. The van der Waals surface area contributed by atoms with E-state index in [-0.39, 0.29) is 23.9 Å². The summed E-state index contributed by atoms with van der Waals surface area (Å²) in [7, 11) is 5.59. The molecule has 1 saturated heterocycles. The second-order valence-corrected chi connectivity index (χ2v) is 12.8. The Morgan fingerprint density at radius 2 is 1.82 bits per heavy atom. The number of anilines is 2. The molecule has 4 heterocycles. The second-order valence-electron chi connectivity index (χ2n) is 11.0. The Morgan fingerprint density at radius 3 is 2.41 bits per heavy atom. The molecule has 0 radical (unpaired) electrons. The van der Waals surface area contributed by atoms with Crippen molar-refractivity contribution >= 4 is 46.3 Å². The van der Waals surface area contributed by atoms with E-state index < -0.39 is 5.41 Å². The van der Waals surface area contributed by atoms with Crippen molar-refractivity contribution in [3.05, 3.63) is 50.0 Å². The first kappa shape index (κ1) is 28.8. The molecule has 1 aliphatic rings. The molecule has 0 saturated carbocycles. The maximum Gasteiger partial charge on any atom is 0.275 e. The van der Waals surface area contributed by atoms with Gasteiger partial charge in [-0.05, 0) is 25.2 Å². The number of carbonyl (C=O) groups is 2. The number of nitrogens with zero attached hydrogens (tertiary/aromatic N) is 6. The number of piperazine rings is 1. The predicted octanol–water partition coefficient (Wildman–Crippen LogP) is 3.57. The quantitative estimate of drug-likeness (QED) is 0.462. The van der Waals surface area contributed by atoms with Gasteiger partial charge in [-0.15, -0.1) is 11.3 Å². The number of rotatable bonds is 7. The average molecular weight is 574 g/mol. The van der Waals surface area contributed by atoms with Crippen LogP contribution in [0.1, 0.15) is 30.4 Å². The summed E-state index contributed by atoms with van der Waals surface area (Å²) in [6, 6.07) is 7.32. The van der Waals surface area contributed by atoms with Crippen molar-refractivity contribution in [3.63, 3.8) is 0 Å². The Kier molecular flexibility index (Phi) is 8.53. The van der Waals surface area contributed by atoms with Crippen LogP contribution in [-0.4, -0.2) is 83.3 Å². The summed E-state index contributed by atoms with van der Waals surface area (Å²) in [6.45, 7) is 8.87. The van der Waals surface area contributed by atoms with E-state index in [1.54, 1.807) is 42.2 Å². The van der Waals surface area contributed by atoms with Gasteiger partial charge in [0.25, 0.3) is 11.5 Å². The van der Waals surface area contributed by atoms with Gasteiger partial charge in [0, 0.05) is 68.4 Å². The number of aromatic nitrogens is 3. The zero-order chi connectivity index (χ0) is 28.5. The van der Waals surface area contributed by atoms with Crippen molar-refractivity contribution in [2.75, 3.05) is 57.5 Å². The lowest BCUT2D eigenvalue weighted by molar-refractivity contribution is -0.133. The van der Waals surface area contributed by atoms with Gasteiger partial charge in [0.2, 0.25) is 5.91 Å². The zero-order valence-electron chi connectivity index (χ0n) is 23.3. The summed E-state index contributed by atoms with van der Waals surface area (Å²) >= 11 is 7.54. The number of amides is 1. The summed E-state index contributed by atoms with van der Waals surface area (Å²) in [5.41, 5.74) is 0.491. The first-order valence-electron chi connectivity index (χ1n) is 12.9. The molecular formula is C27H36ClN7O3S. The lowest BCUT2D eigenvalue weighted by Gasteiger charge is -2.32. The number of thiophene rings is 1. The van der Waals surface area contributed by atoms with E-state index in [0.29, 0.717) is 46.7 Å². The molecule has 0 unspecified atom stereocenters. The van der Waals surface area contributed by atoms with Gasteiger partial charge in [-0.2, -0.15) is 9.78 Å². The van der Waals surface area contributed by atoms with Gasteiger partial charge < -0.3 is 24.6 Å². The maximum absolute atomic E-state index is 13.6. The van der Waals surface area contributed by atoms with Crippen LogP contribution >= 0.6 is 22.9 Å². The van der Waals surface area contributed by atoms with E-state index in [2.05, 4.69) is 15.3 Å². The number of nitrogens with one attached hydrogen (secondary N) is 1. The number of hydrogen-bond donors (Lipinski definition) is 1. The number of carbonyl (C=O) groups excluding carboxylic acids is 2. The monoisotopic (exact) mass is 573 g/mol. The van der Waals surface area contributed by atoms with Gasteiger partial charge in [-0.3, -0.25) is 14.4 Å². The third-order valence-electron chi connectivity index (χ3n) is 6.64. The maximum atomic E-state index is 13.6. The minimum absolute atomic E-state index is 0.0310. The van der Waals surface area contributed by atoms with E-state index in [1.165, 1.54) is 20.6 Å². The van der Waals surface area contributed by atoms with Gasteiger partial charge in [-0.1, -0.05) is 32.4 Å². The Balaban J connectivity index is 1.68. The molecule has 3 aromatic rings. The van der Waals surface area contributed by atoms with Crippen LogP contribution in [0.25, 0.3) is 11.3 Å². The fourth-order valence-electron chi connectivity index (χ4n) is 4.36. The average Bonchev–Trinajstić information content (AvgIpc) is 3.48. The van der Waals surface area contributed by atoms with Crippen molar-refractivity contribution in [2.45, 2.75) is 33.9 Å². The van der Waals surface area contributed by atoms with E-state index in [9.17, 15) is 14.4 Å². The van der Waals surface area contributed by atoms with E-state index in [1.807, 2.05) is 40.0 Å². The molecule has 1 aliphatic heterocycles. The highest BCUT2D eigenvalue weighted by Crippen LogP contribution is 2.31. The molecule has 39 heavy (non-hydrogen) atoms. The van der Waals surface area contributed by atoms with Crippen molar-refractivity contribution in [3.8, 4) is 11.3 Å². The molecule has 12 heteroatoms. The van der Waals surface area contributed by atoms with Crippen LogP contribution in [0, 0.1) is 5.41 Å². The van der Waals surface area contributed by atoms with Crippen LogP contribution in [-0.2, 0) is 17.9 Å². The largest absolute Gasteiger partial charge is 0.373 e. The Hall–Kier alpha value is -3.15. The predicted molar refractivity (Wildman–Crippen MR) is 157 cm³/mol. The second kappa shape index (κ2) is 11.5. The van der Waals surface area contributed by atoms with Crippen molar-refractivity contribution in [1.82, 2.24) is 24.1 Å². The van der Waals surface area contributed by atoms with Crippen molar-refractivity contribution in [2.24, 2.45) is 5.41 Å². The van der Waals surface area contributed by atoms with Gasteiger partial charge in [-0.25, -0.2) is 0 Å². The van der Waals surface area contributed by atoms with E-state index in [0.717, 1.165) is 18.0 Å². The van der Waals surface area contributed by atoms with Crippen LogP contribution in [0.3, 0.4) is 0 Å². The van der Waals surface area contributed by atoms with Gasteiger partial charge in [0.15, 0.2) is 0 Å². The SMILES string of the molecule is CN1CCN(C(=O)Cn2ccc(-c3cc(NCc4ccc(Cl)s4)n(C(=O)C(C)(C)C)n3)c(N(C)C)c2=O)CC1. The highest BCUT2D eigenvalue weighted by Gasteiger charge is 2.28. The smallest absolute Gasteiger partial charge is 0.275 e. The third-order valence-corrected chi connectivity index (χ3v) is 7.87.